The van der Waals surface area contributed by atoms with E-state index in [-0.39, 0.29) is 16.4 Å². The average molecular weight is 600 g/mol. The largest absolute Gasteiger partial charge is 0.457 e. The maximum atomic E-state index is 9.33. The zero-order valence-corrected chi connectivity index (χ0v) is 26.1. The van der Waals surface area contributed by atoms with E-state index >= 15 is 0 Å². The first-order valence-electron chi connectivity index (χ1n) is 14.7. The molecule has 0 saturated carbocycles. The summed E-state index contributed by atoms with van der Waals surface area (Å²) in [4.78, 5) is 0. The third-order valence-corrected chi connectivity index (χ3v) is 8.43. The average Bonchev–Trinajstić information content (AvgIpc) is 3.08. The topological polar surface area (TPSA) is 114 Å². The fraction of sp³-hybridized carbons (Fsp3) is 0.150. The molecule has 0 unspecified atom stereocenters. The SMILES string of the molecule is CC(C)(c1ccc(Oc2ccc(C#N)c(C#N)c2)cc1)c1ccc(C(C)(C)c2ccc(Oc3ccc(C#[NH+])c(C#N)c3)cc2)cc1. The normalized spacial score (nSPS) is 11.0. The molecule has 6 nitrogen and oxygen atoms in total. The van der Waals surface area contributed by atoms with Gasteiger partial charge in [0.25, 0.3) is 0 Å². The predicted molar refractivity (Wildman–Crippen MR) is 175 cm³/mol. The number of benzene rings is 5. The second-order valence-electron chi connectivity index (χ2n) is 12.0. The van der Waals surface area contributed by atoms with Crippen molar-refractivity contribution >= 4 is 0 Å². The van der Waals surface area contributed by atoms with Crippen LogP contribution in [0.15, 0.2) is 109 Å². The molecular weight excluding hydrogens is 568 g/mol. The second-order valence-corrected chi connectivity index (χ2v) is 12.0. The van der Waals surface area contributed by atoms with Gasteiger partial charge in [-0.3, -0.25) is 0 Å². The molecule has 0 radical (unpaired) electrons. The van der Waals surface area contributed by atoms with Crippen molar-refractivity contribution in [1.29, 1.82) is 15.8 Å². The molecule has 5 aromatic rings. The van der Waals surface area contributed by atoms with Gasteiger partial charge in [-0.05, 0) is 76.9 Å². The number of ether oxygens (including phenoxy) is 2. The minimum Gasteiger partial charge on any atom is -0.457 e. The molecule has 0 aliphatic rings. The second kappa shape index (κ2) is 12.7. The molecule has 222 valence electrons. The van der Waals surface area contributed by atoms with Gasteiger partial charge in [-0.25, -0.2) is 0 Å². The van der Waals surface area contributed by atoms with Gasteiger partial charge in [0, 0.05) is 16.9 Å². The van der Waals surface area contributed by atoms with Crippen LogP contribution in [0.3, 0.4) is 0 Å². The van der Waals surface area contributed by atoms with Crippen LogP contribution in [0.2, 0.25) is 0 Å². The molecule has 5 aromatic carbocycles. The van der Waals surface area contributed by atoms with Crippen LogP contribution in [0.1, 0.15) is 72.2 Å². The third-order valence-electron chi connectivity index (χ3n) is 8.43. The van der Waals surface area contributed by atoms with Crippen molar-refractivity contribution in [1.82, 2.24) is 0 Å². The van der Waals surface area contributed by atoms with Crippen molar-refractivity contribution in [3.8, 4) is 47.3 Å². The van der Waals surface area contributed by atoms with E-state index in [2.05, 4.69) is 76.2 Å². The van der Waals surface area contributed by atoms with Gasteiger partial charge < -0.3 is 9.47 Å². The molecular formula is C40H31N4O2+. The Balaban J connectivity index is 1.28. The summed E-state index contributed by atoms with van der Waals surface area (Å²) in [5.74, 6) is 2.34. The lowest BCUT2D eigenvalue weighted by atomic mass is 9.74. The molecule has 0 amide bonds. The molecule has 0 saturated heterocycles. The van der Waals surface area contributed by atoms with E-state index in [9.17, 15) is 10.5 Å². The van der Waals surface area contributed by atoms with E-state index in [1.165, 1.54) is 11.1 Å². The van der Waals surface area contributed by atoms with Crippen molar-refractivity contribution in [2.75, 3.05) is 0 Å². The summed E-state index contributed by atoms with van der Waals surface area (Å²) in [6.07, 6.45) is 0. The van der Waals surface area contributed by atoms with Gasteiger partial charge in [-0.2, -0.15) is 15.8 Å². The van der Waals surface area contributed by atoms with Crippen LogP contribution in [0, 0.1) is 40.1 Å². The standard InChI is InChI=1S/C40H30N4O2/c1-39(2,33-11-17-35(18-12-33)45-37-15-5-27(23-41)29(21-37)25-43)31-7-9-32(10-8-31)40(3,4)34-13-19-36(20-14-34)46-38-16-6-28(24-42)30(22-38)26-44/h5-22H,1-4H3/p+1. The van der Waals surface area contributed by atoms with Crippen molar-refractivity contribution < 1.29 is 14.7 Å². The third kappa shape index (κ3) is 6.30. The van der Waals surface area contributed by atoms with E-state index in [0.717, 1.165) is 11.1 Å². The number of hydrogen-bond donors (Lipinski definition) is 1. The molecule has 5 rings (SSSR count). The Hall–Kier alpha value is -6.34. The van der Waals surface area contributed by atoms with Gasteiger partial charge in [-0.1, -0.05) is 81.5 Å². The molecule has 1 N–H and O–H groups in total. The lowest BCUT2D eigenvalue weighted by Crippen LogP contribution is -2.21. The summed E-state index contributed by atoms with van der Waals surface area (Å²) in [6.45, 7) is 8.78. The zero-order chi connectivity index (χ0) is 32.9. The molecule has 0 heterocycles. The van der Waals surface area contributed by atoms with Crippen LogP contribution >= 0.6 is 0 Å². The first-order valence-corrected chi connectivity index (χ1v) is 14.7. The monoisotopic (exact) mass is 599 g/mol. The summed E-state index contributed by atoms with van der Waals surface area (Å²) in [5, 5.41) is 35.1. The van der Waals surface area contributed by atoms with Crippen LogP contribution in [0.25, 0.3) is 0 Å². The van der Waals surface area contributed by atoms with Crippen LogP contribution in [0.4, 0.5) is 0 Å². The van der Waals surface area contributed by atoms with Crippen molar-refractivity contribution in [3.05, 3.63) is 154 Å². The molecule has 6 heteroatoms. The molecule has 0 fully saturated rings. The smallest absolute Gasteiger partial charge is 0.309 e. The Labute approximate surface area is 269 Å². The number of nitriles is 3. The highest BCUT2D eigenvalue weighted by atomic mass is 16.5. The summed E-state index contributed by atoms with van der Waals surface area (Å²) in [5.41, 5.74) is 5.50. The molecule has 0 atom stereocenters. The molecule has 0 aromatic heterocycles. The molecule has 46 heavy (non-hydrogen) atoms. The van der Waals surface area contributed by atoms with Gasteiger partial charge in [0.05, 0.1) is 16.7 Å². The first kappa shape index (κ1) is 31.1. The lowest BCUT2D eigenvalue weighted by molar-refractivity contribution is -0.0909. The van der Waals surface area contributed by atoms with E-state index < -0.39 is 0 Å². The summed E-state index contributed by atoms with van der Waals surface area (Å²) in [7, 11) is 0. The number of nitrogens with one attached hydrogen (secondary N) is 1. The Morgan fingerprint density at radius 2 is 0.739 bits per heavy atom. The van der Waals surface area contributed by atoms with E-state index in [0.29, 0.717) is 39.7 Å². The van der Waals surface area contributed by atoms with Gasteiger partial charge >= 0.3 is 6.07 Å². The van der Waals surface area contributed by atoms with Crippen molar-refractivity contribution in [2.24, 2.45) is 0 Å². The fourth-order valence-corrected chi connectivity index (χ4v) is 5.35. The van der Waals surface area contributed by atoms with Crippen LogP contribution in [-0.2, 0) is 10.8 Å². The van der Waals surface area contributed by atoms with Crippen molar-refractivity contribution in [2.45, 2.75) is 38.5 Å². The van der Waals surface area contributed by atoms with E-state index in [1.54, 1.807) is 36.4 Å². The quantitative estimate of drug-likeness (QED) is 0.197. The maximum Gasteiger partial charge on any atom is 0.309 e. The Kier molecular flexibility index (Phi) is 8.60. The van der Waals surface area contributed by atoms with Crippen molar-refractivity contribution in [3.63, 3.8) is 0 Å². The Bertz CT molecular complexity index is 1910. The summed E-state index contributed by atoms with van der Waals surface area (Å²) >= 11 is 0. The van der Waals surface area contributed by atoms with Gasteiger partial charge in [0.15, 0.2) is 0 Å². The Morgan fingerprint density at radius 3 is 1.09 bits per heavy atom. The summed E-state index contributed by atoms with van der Waals surface area (Å²) in [6, 6.07) is 42.9. The predicted octanol–water partition coefficient (Wildman–Crippen LogP) is 7.66. The van der Waals surface area contributed by atoms with Gasteiger partial charge in [0.1, 0.15) is 46.8 Å². The number of hydrogen-bond acceptors (Lipinski definition) is 5. The minimum atomic E-state index is -0.261. The highest BCUT2D eigenvalue weighted by molar-refractivity contribution is 5.52. The van der Waals surface area contributed by atoms with Gasteiger partial charge in [0.2, 0.25) is 0 Å². The molecule has 0 aliphatic heterocycles. The first-order chi connectivity index (χ1) is 22.1. The van der Waals surface area contributed by atoms with E-state index in [4.69, 9.17) is 20.0 Å². The zero-order valence-electron chi connectivity index (χ0n) is 26.1. The number of rotatable bonds is 8. The van der Waals surface area contributed by atoms with Crippen LogP contribution in [-0.4, -0.2) is 0 Å². The maximum absolute atomic E-state index is 9.33. The van der Waals surface area contributed by atoms with E-state index in [1.807, 2.05) is 48.5 Å². The molecule has 0 bridgehead atoms. The lowest BCUT2D eigenvalue weighted by Gasteiger charge is -2.29. The molecule has 0 spiro atoms. The summed E-state index contributed by atoms with van der Waals surface area (Å²) < 4.78 is 11.9. The highest BCUT2D eigenvalue weighted by Gasteiger charge is 2.27. The number of nitrogens with zero attached hydrogens (tertiary/aromatic N) is 3. The Morgan fingerprint density at radius 1 is 0.435 bits per heavy atom. The van der Waals surface area contributed by atoms with Gasteiger partial charge in [-0.15, -0.1) is 0 Å². The highest BCUT2D eigenvalue weighted by Crippen LogP contribution is 2.37. The molecule has 0 aliphatic carbocycles. The van der Waals surface area contributed by atoms with Crippen LogP contribution < -0.4 is 14.7 Å². The minimum absolute atomic E-state index is 0.257. The van der Waals surface area contributed by atoms with Crippen LogP contribution in [0.5, 0.6) is 23.0 Å². The fourth-order valence-electron chi connectivity index (χ4n) is 5.35.